The fraction of sp³-hybridized carbons (Fsp3) is 0.889. The van der Waals surface area contributed by atoms with Crippen molar-refractivity contribution in [2.24, 2.45) is 5.92 Å². The lowest BCUT2D eigenvalue weighted by Crippen LogP contribution is -2.44. The van der Waals surface area contributed by atoms with E-state index >= 15 is 0 Å². The Bertz CT molecular complexity index is 334. The van der Waals surface area contributed by atoms with Crippen molar-refractivity contribution in [3.05, 3.63) is 0 Å². The van der Waals surface area contributed by atoms with Gasteiger partial charge in [0.05, 0.1) is 12.0 Å². The molecule has 0 spiro atoms. The summed E-state index contributed by atoms with van der Waals surface area (Å²) in [6, 6.07) is 1.92. The van der Waals surface area contributed by atoms with Crippen molar-refractivity contribution >= 4 is 10.2 Å². The summed E-state index contributed by atoms with van der Waals surface area (Å²) in [4.78, 5) is 0. The zero-order valence-electron chi connectivity index (χ0n) is 8.86. The van der Waals surface area contributed by atoms with Gasteiger partial charge in [-0.25, -0.2) is 4.72 Å². The maximum Gasteiger partial charge on any atom is 0.277 e. The van der Waals surface area contributed by atoms with Crippen LogP contribution in [0.15, 0.2) is 0 Å². The predicted octanol–water partition coefficient (Wildman–Crippen LogP) is 0.513. The molecule has 15 heavy (non-hydrogen) atoms. The van der Waals surface area contributed by atoms with E-state index in [1.807, 2.05) is 6.92 Å². The number of nitrogens with zero attached hydrogens (tertiary/aromatic N) is 1. The summed E-state index contributed by atoms with van der Waals surface area (Å²) in [7, 11) is -3.42. The molecule has 5 nitrogen and oxygen atoms in total. The van der Waals surface area contributed by atoms with Gasteiger partial charge in [0.1, 0.15) is 0 Å². The van der Waals surface area contributed by atoms with E-state index in [0.717, 1.165) is 25.7 Å². The van der Waals surface area contributed by atoms with E-state index in [4.69, 9.17) is 5.26 Å². The van der Waals surface area contributed by atoms with Gasteiger partial charge >= 0.3 is 0 Å². The van der Waals surface area contributed by atoms with Crippen LogP contribution in [0.3, 0.4) is 0 Å². The number of nitriles is 1. The van der Waals surface area contributed by atoms with Crippen LogP contribution < -0.4 is 9.44 Å². The molecule has 0 saturated heterocycles. The van der Waals surface area contributed by atoms with E-state index < -0.39 is 10.2 Å². The highest BCUT2D eigenvalue weighted by molar-refractivity contribution is 7.87. The van der Waals surface area contributed by atoms with Gasteiger partial charge in [0.2, 0.25) is 0 Å². The molecule has 0 aromatic carbocycles. The van der Waals surface area contributed by atoms with Gasteiger partial charge < -0.3 is 0 Å². The highest BCUT2D eigenvalue weighted by Gasteiger charge is 2.30. The third-order valence-electron chi connectivity index (χ3n) is 2.53. The number of hydrogen-bond donors (Lipinski definition) is 2. The lowest BCUT2D eigenvalue weighted by molar-refractivity contribution is 0.506. The molecule has 1 aliphatic carbocycles. The van der Waals surface area contributed by atoms with Crippen molar-refractivity contribution in [1.82, 2.24) is 9.44 Å². The molecular formula is C9H17N3O2S. The Kier molecular flexibility index (Phi) is 4.51. The van der Waals surface area contributed by atoms with Crippen LogP contribution >= 0.6 is 0 Å². The maximum atomic E-state index is 11.5. The van der Waals surface area contributed by atoms with Gasteiger partial charge in [-0.3, -0.25) is 0 Å². The summed E-state index contributed by atoms with van der Waals surface area (Å²) in [5.41, 5.74) is 0. The quantitative estimate of drug-likeness (QED) is 0.723. The van der Waals surface area contributed by atoms with Crippen LogP contribution in [0.25, 0.3) is 0 Å². The van der Waals surface area contributed by atoms with Gasteiger partial charge in [-0.15, -0.1) is 0 Å². The standard InChI is InChI=1S/C9H17N3O2S/c1-2-6-11-15(13,14)12-9-5-3-4-8(9)7-10/h8-9,11-12H,2-6H2,1H3. The Labute approximate surface area is 91.0 Å². The first-order valence-electron chi connectivity index (χ1n) is 5.25. The molecule has 86 valence electrons. The van der Waals surface area contributed by atoms with Gasteiger partial charge in [-0.05, 0) is 19.3 Å². The van der Waals surface area contributed by atoms with E-state index in [0.29, 0.717) is 6.54 Å². The minimum atomic E-state index is -3.42. The lowest BCUT2D eigenvalue weighted by atomic mass is 10.1. The average molecular weight is 231 g/mol. The third-order valence-corrected chi connectivity index (χ3v) is 3.73. The van der Waals surface area contributed by atoms with E-state index in [2.05, 4.69) is 15.5 Å². The lowest BCUT2D eigenvalue weighted by Gasteiger charge is -2.15. The first kappa shape index (κ1) is 12.4. The third kappa shape index (κ3) is 3.78. The zero-order valence-corrected chi connectivity index (χ0v) is 9.68. The molecule has 0 aromatic rings. The second kappa shape index (κ2) is 5.45. The molecule has 0 bridgehead atoms. The Morgan fingerprint density at radius 2 is 2.20 bits per heavy atom. The fourth-order valence-corrected chi connectivity index (χ4v) is 2.97. The molecule has 1 saturated carbocycles. The van der Waals surface area contributed by atoms with E-state index in [9.17, 15) is 8.42 Å². The summed E-state index contributed by atoms with van der Waals surface area (Å²) >= 11 is 0. The van der Waals surface area contributed by atoms with Gasteiger partial charge in [-0.1, -0.05) is 13.3 Å². The minimum absolute atomic E-state index is 0.178. The largest absolute Gasteiger partial charge is 0.277 e. The van der Waals surface area contributed by atoms with Crippen LogP contribution in [0.1, 0.15) is 32.6 Å². The molecule has 0 aliphatic heterocycles. The fourth-order valence-electron chi connectivity index (χ4n) is 1.73. The summed E-state index contributed by atoms with van der Waals surface area (Å²) in [5, 5.41) is 8.80. The van der Waals surface area contributed by atoms with Crippen molar-refractivity contribution in [3.63, 3.8) is 0 Å². The first-order valence-corrected chi connectivity index (χ1v) is 6.74. The molecule has 0 radical (unpaired) electrons. The van der Waals surface area contributed by atoms with Gasteiger partial charge in [-0.2, -0.15) is 18.4 Å². The number of nitrogens with one attached hydrogen (secondary N) is 2. The van der Waals surface area contributed by atoms with E-state index in [1.165, 1.54) is 0 Å². The van der Waals surface area contributed by atoms with Crippen LogP contribution in [0.5, 0.6) is 0 Å². The van der Waals surface area contributed by atoms with Crippen LogP contribution in [0.2, 0.25) is 0 Å². The summed E-state index contributed by atoms with van der Waals surface area (Å²) in [6.45, 7) is 2.33. The van der Waals surface area contributed by atoms with Crippen molar-refractivity contribution < 1.29 is 8.42 Å². The number of hydrogen-bond acceptors (Lipinski definition) is 3. The van der Waals surface area contributed by atoms with Crippen molar-refractivity contribution in [2.75, 3.05) is 6.54 Å². The Morgan fingerprint density at radius 3 is 2.80 bits per heavy atom. The molecule has 2 N–H and O–H groups in total. The molecule has 2 unspecified atom stereocenters. The van der Waals surface area contributed by atoms with Gasteiger partial charge in [0, 0.05) is 12.6 Å². The van der Waals surface area contributed by atoms with E-state index in [-0.39, 0.29) is 12.0 Å². The smallest absolute Gasteiger partial charge is 0.202 e. The molecule has 0 heterocycles. The summed E-state index contributed by atoms with van der Waals surface area (Å²) in [6.07, 6.45) is 3.22. The van der Waals surface area contributed by atoms with Gasteiger partial charge in [0.15, 0.2) is 0 Å². The predicted molar refractivity (Wildman–Crippen MR) is 57.1 cm³/mol. The molecule has 1 fully saturated rings. The van der Waals surface area contributed by atoms with Gasteiger partial charge in [0.25, 0.3) is 10.2 Å². The number of rotatable bonds is 5. The second-order valence-corrected chi connectivity index (χ2v) is 5.32. The Balaban J connectivity index is 2.50. The molecule has 2 atom stereocenters. The van der Waals surface area contributed by atoms with E-state index in [1.54, 1.807) is 0 Å². The second-order valence-electron chi connectivity index (χ2n) is 3.79. The normalized spacial score (nSPS) is 26.4. The van der Waals surface area contributed by atoms with Crippen LogP contribution in [-0.4, -0.2) is 21.0 Å². The highest BCUT2D eigenvalue weighted by atomic mass is 32.2. The van der Waals surface area contributed by atoms with Crippen LogP contribution in [-0.2, 0) is 10.2 Å². The first-order chi connectivity index (χ1) is 7.09. The van der Waals surface area contributed by atoms with Crippen molar-refractivity contribution in [2.45, 2.75) is 38.6 Å². The van der Waals surface area contributed by atoms with Crippen LogP contribution in [0.4, 0.5) is 0 Å². The van der Waals surface area contributed by atoms with Crippen LogP contribution in [0, 0.1) is 17.2 Å². The topological polar surface area (TPSA) is 82.0 Å². The van der Waals surface area contributed by atoms with Crippen molar-refractivity contribution in [1.29, 1.82) is 5.26 Å². The average Bonchev–Trinajstić information content (AvgIpc) is 2.61. The molecule has 1 rings (SSSR count). The molecule has 1 aliphatic rings. The van der Waals surface area contributed by atoms with Crippen molar-refractivity contribution in [3.8, 4) is 6.07 Å². The summed E-state index contributed by atoms with van der Waals surface area (Å²) in [5.74, 6) is -0.178. The maximum absolute atomic E-state index is 11.5. The Morgan fingerprint density at radius 1 is 1.47 bits per heavy atom. The zero-order chi connectivity index (χ0) is 11.3. The highest BCUT2D eigenvalue weighted by Crippen LogP contribution is 2.25. The molecule has 6 heteroatoms. The molecule has 0 aromatic heterocycles. The SMILES string of the molecule is CCCNS(=O)(=O)NC1CCCC1C#N. The monoisotopic (exact) mass is 231 g/mol. The molecular weight excluding hydrogens is 214 g/mol. The Hall–Kier alpha value is -0.640. The molecule has 0 amide bonds. The minimum Gasteiger partial charge on any atom is -0.202 e. The summed E-state index contributed by atoms with van der Waals surface area (Å²) < 4.78 is 27.9.